The predicted molar refractivity (Wildman–Crippen MR) is 130 cm³/mol. The summed E-state index contributed by atoms with van der Waals surface area (Å²) in [5, 5.41) is 7.23. The van der Waals surface area contributed by atoms with E-state index >= 15 is 0 Å². The van der Waals surface area contributed by atoms with Crippen LogP contribution < -0.4 is 11.1 Å². The molecule has 3 N–H and O–H groups in total. The number of rotatable bonds is 8. The number of amides is 2. The molecular weight excluding hydrogens is 530 g/mol. The number of β-lactam (4-membered cyclic amide) rings is 1. The molecule has 0 aromatic carbocycles. The fraction of sp³-hybridized carbons (Fsp3) is 0.476. The Kier molecular flexibility index (Phi) is 8.42. The number of thioether (sulfide) groups is 1. The zero-order valence-corrected chi connectivity index (χ0v) is 22.2. The Labute approximate surface area is 219 Å². The Bertz CT molecular complexity index is 1190. The van der Waals surface area contributed by atoms with Crippen LogP contribution in [0.1, 0.15) is 33.4 Å². The Hall–Kier alpha value is -3.66. The highest BCUT2D eigenvalue weighted by Crippen LogP contribution is 2.41. The third-order valence-corrected chi connectivity index (χ3v) is 6.76. The van der Waals surface area contributed by atoms with Crippen molar-refractivity contribution in [1.82, 2.24) is 15.2 Å². The molecule has 37 heavy (non-hydrogen) atoms. The molecule has 3 rings (SSSR count). The maximum absolute atomic E-state index is 13.0. The first-order valence-corrected chi connectivity index (χ1v) is 12.6. The molecular formula is C21H25N5O9S2. The second-order valence-electron chi connectivity index (χ2n) is 8.65. The van der Waals surface area contributed by atoms with Gasteiger partial charge < -0.3 is 30.1 Å². The van der Waals surface area contributed by atoms with Crippen molar-refractivity contribution in [1.29, 1.82) is 0 Å². The van der Waals surface area contributed by atoms with Gasteiger partial charge in [-0.25, -0.2) is 9.78 Å². The number of hydrogen-bond donors (Lipinski definition) is 2. The van der Waals surface area contributed by atoms with Gasteiger partial charge >= 0.3 is 17.9 Å². The van der Waals surface area contributed by atoms with E-state index in [2.05, 4.69) is 15.5 Å². The highest BCUT2D eigenvalue weighted by Gasteiger charge is 2.55. The van der Waals surface area contributed by atoms with Gasteiger partial charge in [0, 0.05) is 12.3 Å². The van der Waals surface area contributed by atoms with E-state index < -0.39 is 53.3 Å². The van der Waals surface area contributed by atoms with Crippen molar-refractivity contribution >= 4 is 63.7 Å². The summed E-state index contributed by atoms with van der Waals surface area (Å²) in [5.74, 6) is -3.85. The zero-order valence-electron chi connectivity index (χ0n) is 20.6. The first-order chi connectivity index (χ1) is 17.3. The largest absolute Gasteiger partial charge is 0.428 e. The zero-order chi connectivity index (χ0) is 27.5. The Morgan fingerprint density at radius 3 is 2.54 bits per heavy atom. The number of carbonyl (C=O) groups excluding carboxylic acids is 5. The third-order valence-electron chi connectivity index (χ3n) is 4.83. The van der Waals surface area contributed by atoms with Crippen LogP contribution in [0, 0.1) is 5.41 Å². The van der Waals surface area contributed by atoms with Gasteiger partial charge in [-0.15, -0.1) is 23.1 Å². The van der Waals surface area contributed by atoms with E-state index in [0.29, 0.717) is 0 Å². The van der Waals surface area contributed by atoms with Crippen LogP contribution in [0.25, 0.3) is 0 Å². The van der Waals surface area contributed by atoms with Gasteiger partial charge in [-0.05, 0) is 20.8 Å². The number of nitrogens with one attached hydrogen (secondary N) is 1. The van der Waals surface area contributed by atoms with E-state index in [4.69, 9.17) is 24.8 Å². The highest BCUT2D eigenvalue weighted by molar-refractivity contribution is 8.00. The SMILES string of the molecule is CO/N=C(\C(=O)N[C@@H]1C(=O)N2C(C(=O)OCOC(=O)C(C)(C)C)=C(OC(C)=O)CS[C@H]12)c1csc(N)n1. The van der Waals surface area contributed by atoms with E-state index in [-0.39, 0.29) is 33.7 Å². The lowest BCUT2D eigenvalue weighted by Crippen LogP contribution is -2.71. The Morgan fingerprint density at radius 2 is 1.97 bits per heavy atom. The van der Waals surface area contributed by atoms with Crippen LogP contribution in [0.2, 0.25) is 0 Å². The Morgan fingerprint density at radius 1 is 1.27 bits per heavy atom. The fourth-order valence-electron chi connectivity index (χ4n) is 3.16. The standard InChI is InChI=1S/C21H25N5O9S2/c1-9(27)35-11-7-36-17-13(24-15(28)12(25-32-5)10-6-37-20(22)23-10)16(29)26(17)14(11)18(30)33-8-34-19(31)21(2,3)4/h6,13,17H,7-8H2,1-5H3,(H2,22,23)(H,24,28)/b25-12-/t13-,17-/m1/s1. The van der Waals surface area contributed by atoms with E-state index in [1.54, 1.807) is 20.8 Å². The summed E-state index contributed by atoms with van der Waals surface area (Å²) in [4.78, 5) is 72.1. The van der Waals surface area contributed by atoms with Crippen LogP contribution in [0.3, 0.4) is 0 Å². The predicted octanol–water partition coefficient (Wildman–Crippen LogP) is 0.340. The maximum Gasteiger partial charge on any atom is 0.361 e. The number of ether oxygens (including phenoxy) is 3. The maximum atomic E-state index is 13.0. The lowest BCUT2D eigenvalue weighted by molar-refractivity contribution is -0.173. The summed E-state index contributed by atoms with van der Waals surface area (Å²) in [7, 11) is 1.24. The van der Waals surface area contributed by atoms with E-state index in [0.717, 1.165) is 34.9 Å². The molecule has 16 heteroatoms. The molecule has 1 aromatic rings. The Balaban J connectivity index is 1.76. The summed E-state index contributed by atoms with van der Waals surface area (Å²) in [6, 6.07) is -1.05. The highest BCUT2D eigenvalue weighted by atomic mass is 32.2. The van der Waals surface area contributed by atoms with Gasteiger partial charge in [-0.1, -0.05) is 5.16 Å². The number of hydrogen-bond acceptors (Lipinski definition) is 14. The van der Waals surface area contributed by atoms with Gasteiger partial charge in [0.25, 0.3) is 11.8 Å². The topological polar surface area (TPSA) is 189 Å². The average molecular weight is 556 g/mol. The number of nitrogen functional groups attached to an aromatic ring is 1. The summed E-state index contributed by atoms with van der Waals surface area (Å²) < 4.78 is 15.1. The molecule has 200 valence electrons. The van der Waals surface area contributed by atoms with Crippen molar-refractivity contribution in [3.8, 4) is 0 Å². The molecule has 2 aliphatic rings. The molecule has 0 spiro atoms. The lowest BCUT2D eigenvalue weighted by Gasteiger charge is -2.49. The third kappa shape index (κ3) is 6.19. The van der Waals surface area contributed by atoms with Crippen molar-refractivity contribution in [2.45, 2.75) is 39.1 Å². The summed E-state index contributed by atoms with van der Waals surface area (Å²) >= 11 is 2.24. The van der Waals surface area contributed by atoms with Gasteiger partial charge in [-0.3, -0.25) is 24.1 Å². The van der Waals surface area contributed by atoms with Crippen molar-refractivity contribution < 1.29 is 43.0 Å². The van der Waals surface area contributed by atoms with Crippen molar-refractivity contribution in [3.05, 3.63) is 22.5 Å². The quantitative estimate of drug-likeness (QED) is 0.147. The monoisotopic (exact) mass is 555 g/mol. The molecule has 14 nitrogen and oxygen atoms in total. The van der Waals surface area contributed by atoms with Crippen molar-refractivity contribution in [2.75, 3.05) is 25.4 Å². The molecule has 0 unspecified atom stereocenters. The molecule has 0 aliphatic carbocycles. The van der Waals surface area contributed by atoms with Gasteiger partial charge in [-0.2, -0.15) is 0 Å². The van der Waals surface area contributed by atoms with Gasteiger partial charge in [0.05, 0.1) is 11.2 Å². The molecule has 2 aliphatic heterocycles. The second kappa shape index (κ2) is 11.2. The molecule has 1 fully saturated rings. The number of nitrogens with two attached hydrogens (primary N) is 1. The van der Waals surface area contributed by atoms with Gasteiger partial charge in [0.2, 0.25) is 6.79 Å². The van der Waals surface area contributed by atoms with Crippen LogP contribution in [0.15, 0.2) is 22.0 Å². The van der Waals surface area contributed by atoms with E-state index in [1.807, 2.05) is 0 Å². The number of carbonyl (C=O) groups is 5. The van der Waals surface area contributed by atoms with Gasteiger partial charge in [0.1, 0.15) is 30.0 Å². The number of oxime groups is 1. The molecule has 3 heterocycles. The van der Waals surface area contributed by atoms with E-state index in [9.17, 15) is 24.0 Å². The summed E-state index contributed by atoms with van der Waals surface area (Å²) in [6.07, 6.45) is 0. The van der Waals surface area contributed by atoms with Gasteiger partial charge in [0.15, 0.2) is 16.5 Å². The normalized spacial score (nSPS) is 19.4. The smallest absolute Gasteiger partial charge is 0.361 e. The fourth-order valence-corrected chi connectivity index (χ4v) is 4.96. The average Bonchev–Trinajstić information content (AvgIpc) is 3.25. The van der Waals surface area contributed by atoms with Crippen LogP contribution in [0.5, 0.6) is 0 Å². The minimum Gasteiger partial charge on any atom is -0.428 e. The molecule has 0 saturated carbocycles. The minimum absolute atomic E-state index is 0.0221. The second-order valence-corrected chi connectivity index (χ2v) is 10.6. The minimum atomic E-state index is -1.05. The first kappa shape index (κ1) is 27.9. The molecule has 1 saturated heterocycles. The van der Waals surface area contributed by atoms with Crippen LogP contribution in [-0.4, -0.2) is 76.4 Å². The van der Waals surface area contributed by atoms with Crippen LogP contribution in [-0.2, 0) is 43.0 Å². The number of nitrogens with zero attached hydrogens (tertiary/aromatic N) is 3. The summed E-state index contributed by atoms with van der Waals surface area (Å²) in [6.45, 7) is 5.31. The van der Waals surface area contributed by atoms with E-state index in [1.165, 1.54) is 12.5 Å². The summed E-state index contributed by atoms with van der Waals surface area (Å²) in [5.41, 5.74) is 4.45. The molecule has 2 amide bonds. The number of aromatic nitrogens is 1. The molecule has 1 aromatic heterocycles. The van der Waals surface area contributed by atoms with Crippen molar-refractivity contribution in [2.24, 2.45) is 10.6 Å². The molecule has 0 bridgehead atoms. The first-order valence-electron chi connectivity index (χ1n) is 10.7. The molecule has 0 radical (unpaired) electrons. The van der Waals surface area contributed by atoms with Crippen LogP contribution in [0.4, 0.5) is 5.13 Å². The lowest BCUT2D eigenvalue weighted by atomic mass is 9.98. The number of fused-ring (bicyclic) bond motifs is 1. The van der Waals surface area contributed by atoms with Crippen molar-refractivity contribution in [3.63, 3.8) is 0 Å². The number of thiazole rings is 1. The molecule has 2 atom stereocenters. The number of esters is 3. The number of anilines is 1. The van der Waals surface area contributed by atoms with Crippen LogP contribution >= 0.6 is 23.1 Å².